The quantitative estimate of drug-likeness (QED) is 0.762. The Labute approximate surface area is 107 Å². The number of hydrogen-bond acceptors (Lipinski definition) is 4. The van der Waals surface area contributed by atoms with E-state index in [0.29, 0.717) is 22.9 Å². The molecule has 2 rings (SSSR count). The van der Waals surface area contributed by atoms with Gasteiger partial charge in [0.15, 0.2) is 16.7 Å². The zero-order valence-corrected chi connectivity index (χ0v) is 11.2. The zero-order valence-electron chi connectivity index (χ0n) is 10.5. The molecule has 94 valence electrons. The van der Waals surface area contributed by atoms with Gasteiger partial charge >= 0.3 is 0 Å². The van der Waals surface area contributed by atoms with Crippen LogP contribution in [0.25, 0.3) is 0 Å². The average molecular weight is 256 g/mol. The standard InChI is InChI=1S/C12H18ClN3O/c1-8-4-5-9(2)16(6-8)12-10(17-3)11(13)14-7-15-12/h7-9H,4-6H2,1-3H3. The van der Waals surface area contributed by atoms with Gasteiger partial charge < -0.3 is 9.64 Å². The number of hydrogen-bond donors (Lipinski definition) is 0. The van der Waals surface area contributed by atoms with Crippen molar-refractivity contribution < 1.29 is 4.74 Å². The van der Waals surface area contributed by atoms with E-state index in [1.54, 1.807) is 7.11 Å². The van der Waals surface area contributed by atoms with E-state index in [1.807, 2.05) is 0 Å². The lowest BCUT2D eigenvalue weighted by atomic mass is 9.95. The van der Waals surface area contributed by atoms with E-state index in [2.05, 4.69) is 28.7 Å². The molecule has 0 bridgehead atoms. The van der Waals surface area contributed by atoms with Crippen LogP contribution in [0.1, 0.15) is 26.7 Å². The molecule has 2 atom stereocenters. The fourth-order valence-corrected chi connectivity index (χ4v) is 2.51. The third-order valence-electron chi connectivity index (χ3n) is 3.34. The van der Waals surface area contributed by atoms with Crippen molar-refractivity contribution in [3.8, 4) is 5.75 Å². The van der Waals surface area contributed by atoms with Gasteiger partial charge in [-0.3, -0.25) is 0 Å². The smallest absolute Gasteiger partial charge is 0.199 e. The summed E-state index contributed by atoms with van der Waals surface area (Å²) in [5.41, 5.74) is 0. The SMILES string of the molecule is COc1c(Cl)ncnc1N1CC(C)CCC1C. The van der Waals surface area contributed by atoms with E-state index in [4.69, 9.17) is 16.3 Å². The Balaban J connectivity index is 2.35. The Bertz CT molecular complexity index is 399. The lowest BCUT2D eigenvalue weighted by Gasteiger charge is -2.38. The van der Waals surface area contributed by atoms with Crippen molar-refractivity contribution in [1.29, 1.82) is 0 Å². The monoisotopic (exact) mass is 255 g/mol. The molecule has 4 nitrogen and oxygen atoms in total. The van der Waals surface area contributed by atoms with Crippen molar-refractivity contribution >= 4 is 17.4 Å². The summed E-state index contributed by atoms with van der Waals surface area (Å²) in [5.74, 6) is 2.06. The molecule has 0 radical (unpaired) electrons. The number of halogens is 1. The molecule has 0 amide bonds. The summed E-state index contributed by atoms with van der Waals surface area (Å²) in [7, 11) is 1.60. The third kappa shape index (κ3) is 2.46. The van der Waals surface area contributed by atoms with Crippen LogP contribution in [-0.4, -0.2) is 29.7 Å². The highest BCUT2D eigenvalue weighted by Gasteiger charge is 2.27. The first kappa shape index (κ1) is 12.4. The molecule has 1 aromatic rings. The van der Waals surface area contributed by atoms with E-state index < -0.39 is 0 Å². The number of aromatic nitrogens is 2. The van der Waals surface area contributed by atoms with E-state index in [-0.39, 0.29) is 0 Å². The van der Waals surface area contributed by atoms with Crippen molar-refractivity contribution in [3.63, 3.8) is 0 Å². The van der Waals surface area contributed by atoms with Crippen LogP contribution in [0, 0.1) is 5.92 Å². The Kier molecular flexibility index (Phi) is 3.72. The van der Waals surface area contributed by atoms with Crippen LogP contribution in [0.4, 0.5) is 5.82 Å². The molecule has 17 heavy (non-hydrogen) atoms. The minimum Gasteiger partial charge on any atom is -0.490 e. The van der Waals surface area contributed by atoms with Gasteiger partial charge in [0, 0.05) is 12.6 Å². The normalized spacial score (nSPS) is 24.8. The average Bonchev–Trinajstić information content (AvgIpc) is 2.32. The molecule has 0 aliphatic carbocycles. The third-order valence-corrected chi connectivity index (χ3v) is 3.60. The number of ether oxygens (including phenoxy) is 1. The van der Waals surface area contributed by atoms with Crippen molar-refractivity contribution in [2.45, 2.75) is 32.7 Å². The number of nitrogens with zero attached hydrogens (tertiary/aromatic N) is 3. The Hall–Kier alpha value is -1.03. The van der Waals surface area contributed by atoms with Crippen LogP contribution >= 0.6 is 11.6 Å². The van der Waals surface area contributed by atoms with Crippen LogP contribution in [0.3, 0.4) is 0 Å². The molecule has 1 aliphatic rings. The molecule has 0 N–H and O–H groups in total. The van der Waals surface area contributed by atoms with Gasteiger partial charge in [0.25, 0.3) is 0 Å². The minimum absolute atomic E-state index is 0.378. The van der Waals surface area contributed by atoms with Gasteiger partial charge in [-0.25, -0.2) is 9.97 Å². The Morgan fingerprint density at radius 3 is 2.82 bits per heavy atom. The van der Waals surface area contributed by atoms with Crippen molar-refractivity contribution in [2.24, 2.45) is 5.92 Å². The first-order chi connectivity index (χ1) is 8.13. The van der Waals surface area contributed by atoms with E-state index >= 15 is 0 Å². The summed E-state index contributed by atoms with van der Waals surface area (Å²) < 4.78 is 5.31. The Morgan fingerprint density at radius 1 is 1.35 bits per heavy atom. The maximum Gasteiger partial charge on any atom is 0.199 e. The van der Waals surface area contributed by atoms with E-state index in [9.17, 15) is 0 Å². The molecular weight excluding hydrogens is 238 g/mol. The zero-order chi connectivity index (χ0) is 12.4. The van der Waals surface area contributed by atoms with Gasteiger partial charge in [-0.1, -0.05) is 18.5 Å². The number of rotatable bonds is 2. The highest BCUT2D eigenvalue weighted by molar-refractivity contribution is 6.31. The highest BCUT2D eigenvalue weighted by atomic mass is 35.5. The lowest BCUT2D eigenvalue weighted by molar-refractivity contribution is 0.373. The second-order valence-electron chi connectivity index (χ2n) is 4.71. The maximum absolute atomic E-state index is 6.03. The summed E-state index contributed by atoms with van der Waals surface area (Å²) in [6, 6.07) is 0.464. The van der Waals surface area contributed by atoms with Crippen LogP contribution in [-0.2, 0) is 0 Å². The molecule has 1 aromatic heterocycles. The molecule has 1 aliphatic heterocycles. The van der Waals surface area contributed by atoms with Crippen molar-refractivity contribution in [2.75, 3.05) is 18.6 Å². The molecular formula is C12H18ClN3O. The molecule has 5 heteroatoms. The second-order valence-corrected chi connectivity index (χ2v) is 5.06. The van der Waals surface area contributed by atoms with Crippen LogP contribution in [0.5, 0.6) is 5.75 Å². The van der Waals surface area contributed by atoms with Gasteiger partial charge in [-0.15, -0.1) is 0 Å². The minimum atomic E-state index is 0.378. The summed E-state index contributed by atoms with van der Waals surface area (Å²) in [6.07, 6.45) is 3.93. The summed E-state index contributed by atoms with van der Waals surface area (Å²) in [4.78, 5) is 10.5. The highest BCUT2D eigenvalue weighted by Crippen LogP contribution is 2.35. The van der Waals surface area contributed by atoms with Crippen LogP contribution in [0.2, 0.25) is 5.15 Å². The topological polar surface area (TPSA) is 38.3 Å². The van der Waals surface area contributed by atoms with Gasteiger partial charge in [0.2, 0.25) is 0 Å². The van der Waals surface area contributed by atoms with Crippen LogP contribution < -0.4 is 9.64 Å². The van der Waals surface area contributed by atoms with Gasteiger partial charge in [0.1, 0.15) is 6.33 Å². The van der Waals surface area contributed by atoms with E-state index in [1.165, 1.54) is 19.2 Å². The molecule has 0 spiro atoms. The van der Waals surface area contributed by atoms with Crippen molar-refractivity contribution in [1.82, 2.24) is 9.97 Å². The van der Waals surface area contributed by atoms with Crippen molar-refractivity contribution in [3.05, 3.63) is 11.5 Å². The lowest BCUT2D eigenvalue weighted by Crippen LogP contribution is -2.41. The first-order valence-electron chi connectivity index (χ1n) is 5.94. The molecule has 2 heterocycles. The number of anilines is 1. The molecule has 1 saturated heterocycles. The van der Waals surface area contributed by atoms with Gasteiger partial charge in [-0.05, 0) is 25.7 Å². The molecule has 1 fully saturated rings. The van der Waals surface area contributed by atoms with E-state index in [0.717, 1.165) is 12.4 Å². The predicted octanol–water partition coefficient (Wildman–Crippen LogP) is 2.76. The van der Waals surface area contributed by atoms with Gasteiger partial charge in [0.05, 0.1) is 7.11 Å². The maximum atomic E-state index is 6.03. The summed E-state index contributed by atoms with van der Waals surface area (Å²) >= 11 is 6.03. The summed E-state index contributed by atoms with van der Waals surface area (Å²) in [6.45, 7) is 5.46. The van der Waals surface area contributed by atoms with Crippen LogP contribution in [0.15, 0.2) is 6.33 Å². The number of piperidine rings is 1. The molecule has 2 unspecified atom stereocenters. The molecule has 0 aromatic carbocycles. The summed E-state index contributed by atoms with van der Waals surface area (Å²) in [5, 5.41) is 0.378. The van der Waals surface area contributed by atoms with Gasteiger partial charge in [-0.2, -0.15) is 0 Å². The Morgan fingerprint density at radius 2 is 2.12 bits per heavy atom. The largest absolute Gasteiger partial charge is 0.490 e. The second kappa shape index (κ2) is 5.08. The number of methoxy groups -OCH3 is 1. The fourth-order valence-electron chi connectivity index (χ4n) is 2.31. The fraction of sp³-hybridized carbons (Fsp3) is 0.667. The molecule has 0 saturated carbocycles. The predicted molar refractivity (Wildman–Crippen MR) is 68.8 cm³/mol. The first-order valence-corrected chi connectivity index (χ1v) is 6.32.